The number of ether oxygens (including phenoxy) is 1. The Morgan fingerprint density at radius 2 is 1.71 bits per heavy atom. The number of hydrogen-bond donors (Lipinski definition) is 0. The molecule has 1 aliphatic carbocycles. The lowest BCUT2D eigenvalue weighted by atomic mass is 10.1. The maximum absolute atomic E-state index is 13.5. The monoisotopic (exact) mass is 492 g/mol. The summed E-state index contributed by atoms with van der Waals surface area (Å²) >= 11 is 0. The molecule has 2 aromatic heterocycles. The van der Waals surface area contributed by atoms with Crippen molar-refractivity contribution in [1.29, 1.82) is 0 Å². The highest BCUT2D eigenvalue weighted by Crippen LogP contribution is 2.41. The number of sulfone groups is 1. The molecule has 4 aromatic rings. The first-order valence-electron chi connectivity index (χ1n) is 11.4. The molecular formula is C26H24N2O6S. The highest BCUT2D eigenvalue weighted by Gasteiger charge is 2.54. The molecule has 180 valence electrons. The molecule has 0 radical (unpaired) electrons. The van der Waals surface area contributed by atoms with Crippen molar-refractivity contribution in [2.75, 3.05) is 0 Å². The van der Waals surface area contributed by atoms with E-state index in [0.29, 0.717) is 29.5 Å². The quantitative estimate of drug-likeness (QED) is 0.360. The molecule has 0 unspecified atom stereocenters. The van der Waals surface area contributed by atoms with E-state index in [-0.39, 0.29) is 42.3 Å². The molecule has 5 rings (SSSR count). The number of hydrogen-bond acceptors (Lipinski definition) is 7. The van der Waals surface area contributed by atoms with Crippen LogP contribution in [0.5, 0.6) is 0 Å². The third-order valence-corrected chi connectivity index (χ3v) is 9.01. The zero-order valence-corrected chi connectivity index (χ0v) is 19.7. The predicted octanol–water partition coefficient (Wildman–Crippen LogP) is 3.87. The number of carbonyl (C=O) groups is 1. The third kappa shape index (κ3) is 4.05. The molecule has 0 atom stereocenters. The van der Waals surface area contributed by atoms with Crippen molar-refractivity contribution >= 4 is 26.7 Å². The maximum atomic E-state index is 13.5. The molecular weight excluding hydrogens is 468 g/mol. The number of nitrogens with zero attached hydrogens (tertiary/aromatic N) is 2. The van der Waals surface area contributed by atoms with Crippen LogP contribution in [0.15, 0.2) is 87.1 Å². The van der Waals surface area contributed by atoms with Crippen LogP contribution in [-0.2, 0) is 32.5 Å². The van der Waals surface area contributed by atoms with E-state index in [1.54, 1.807) is 54.6 Å². The molecule has 0 aliphatic heterocycles. The summed E-state index contributed by atoms with van der Waals surface area (Å²) in [5, 5.41) is 0.424. The summed E-state index contributed by atoms with van der Waals surface area (Å²) in [5.74, 6) is -0.0646. The number of benzene rings is 2. The third-order valence-electron chi connectivity index (χ3n) is 6.52. The van der Waals surface area contributed by atoms with E-state index in [9.17, 15) is 18.0 Å². The molecule has 9 heteroatoms. The number of aromatic nitrogens is 2. The highest BCUT2D eigenvalue weighted by molar-refractivity contribution is 7.93. The minimum Gasteiger partial charge on any atom is -0.467 e. The van der Waals surface area contributed by atoms with Gasteiger partial charge in [0.1, 0.15) is 12.4 Å². The number of carbonyl (C=O) groups excluding carboxylic acids is 1. The summed E-state index contributed by atoms with van der Waals surface area (Å²) in [7, 11) is -3.98. The first-order valence-corrected chi connectivity index (χ1v) is 12.9. The normalized spacial score (nSPS) is 15.3. The van der Waals surface area contributed by atoms with E-state index in [1.807, 2.05) is 0 Å². The molecule has 1 saturated carbocycles. The molecule has 2 heterocycles. The van der Waals surface area contributed by atoms with E-state index in [2.05, 4.69) is 4.98 Å². The van der Waals surface area contributed by atoms with Crippen LogP contribution in [-0.4, -0.2) is 28.7 Å². The van der Waals surface area contributed by atoms with Gasteiger partial charge in [-0.1, -0.05) is 43.2 Å². The zero-order chi connectivity index (χ0) is 24.5. The zero-order valence-electron chi connectivity index (χ0n) is 18.9. The summed E-state index contributed by atoms with van der Waals surface area (Å²) < 4.78 is 37.8. The van der Waals surface area contributed by atoms with Crippen LogP contribution in [0.25, 0.3) is 10.9 Å². The first kappa shape index (κ1) is 23.0. The molecule has 0 spiro atoms. The second kappa shape index (κ2) is 9.14. The first-order chi connectivity index (χ1) is 16.9. The Balaban J connectivity index is 1.49. The standard InChI is InChI=1S/C26H24N2O6S/c29-24-21-12-4-5-13-22(21)27-23(28(24)17-19-9-8-16-33-19)18-34-25(30)26(14-6-7-15-26)35(31,32)20-10-2-1-3-11-20/h1-5,8-13,16H,6-7,14-15,17-18H2. The van der Waals surface area contributed by atoms with Crippen molar-refractivity contribution in [3.05, 3.63) is 94.9 Å². The van der Waals surface area contributed by atoms with Gasteiger partial charge in [-0.3, -0.25) is 14.2 Å². The fourth-order valence-electron chi connectivity index (χ4n) is 4.66. The largest absolute Gasteiger partial charge is 0.467 e. The highest BCUT2D eigenvalue weighted by atomic mass is 32.2. The summed E-state index contributed by atoms with van der Waals surface area (Å²) in [5.41, 5.74) is 0.164. The van der Waals surface area contributed by atoms with E-state index in [1.165, 1.54) is 23.0 Å². The van der Waals surface area contributed by atoms with E-state index in [0.717, 1.165) is 0 Å². The Labute approximate surface area is 202 Å². The SMILES string of the molecule is O=C(OCc1nc2ccccc2c(=O)n1Cc1ccco1)C1(S(=O)(=O)c2ccccc2)CCCC1. The van der Waals surface area contributed by atoms with Crippen molar-refractivity contribution in [3.8, 4) is 0 Å². The number of furan rings is 1. The van der Waals surface area contributed by atoms with Crippen molar-refractivity contribution in [3.63, 3.8) is 0 Å². The molecule has 35 heavy (non-hydrogen) atoms. The number of para-hydroxylation sites is 1. The van der Waals surface area contributed by atoms with Crippen molar-refractivity contribution in [2.45, 2.75) is 48.5 Å². The molecule has 0 saturated heterocycles. The summed E-state index contributed by atoms with van der Waals surface area (Å²) in [6.07, 6.45) is 3.10. The second-order valence-corrected chi connectivity index (χ2v) is 10.9. The fraction of sp³-hybridized carbons (Fsp3) is 0.269. The van der Waals surface area contributed by atoms with Gasteiger partial charge in [0.15, 0.2) is 20.4 Å². The van der Waals surface area contributed by atoms with E-state index >= 15 is 0 Å². The topological polar surface area (TPSA) is 108 Å². The number of esters is 1. The van der Waals surface area contributed by atoms with Gasteiger partial charge in [-0.05, 0) is 49.2 Å². The molecule has 0 bridgehead atoms. The van der Waals surface area contributed by atoms with Gasteiger partial charge in [0.05, 0.1) is 28.6 Å². The Bertz CT molecular complexity index is 1520. The maximum Gasteiger partial charge on any atom is 0.328 e. The van der Waals surface area contributed by atoms with Crippen LogP contribution < -0.4 is 5.56 Å². The average Bonchev–Trinajstić information content (AvgIpc) is 3.58. The van der Waals surface area contributed by atoms with Gasteiger partial charge in [0.25, 0.3) is 5.56 Å². The van der Waals surface area contributed by atoms with Crippen LogP contribution >= 0.6 is 0 Å². The van der Waals surface area contributed by atoms with Crippen LogP contribution in [0.2, 0.25) is 0 Å². The van der Waals surface area contributed by atoms with Gasteiger partial charge < -0.3 is 9.15 Å². The molecule has 1 fully saturated rings. The Hall–Kier alpha value is -3.72. The molecule has 1 aliphatic rings. The Kier molecular flexibility index (Phi) is 6.02. The minimum atomic E-state index is -3.98. The van der Waals surface area contributed by atoms with Crippen molar-refractivity contribution in [2.24, 2.45) is 0 Å². The predicted molar refractivity (Wildman–Crippen MR) is 128 cm³/mol. The van der Waals surface area contributed by atoms with Gasteiger partial charge in [0.2, 0.25) is 0 Å². The van der Waals surface area contributed by atoms with Gasteiger partial charge in [0, 0.05) is 0 Å². The molecule has 2 aromatic carbocycles. The number of fused-ring (bicyclic) bond motifs is 1. The lowest BCUT2D eigenvalue weighted by Crippen LogP contribution is -2.45. The smallest absolute Gasteiger partial charge is 0.328 e. The van der Waals surface area contributed by atoms with E-state index in [4.69, 9.17) is 9.15 Å². The van der Waals surface area contributed by atoms with Gasteiger partial charge >= 0.3 is 5.97 Å². The van der Waals surface area contributed by atoms with Crippen molar-refractivity contribution in [1.82, 2.24) is 9.55 Å². The Morgan fingerprint density at radius 3 is 2.43 bits per heavy atom. The van der Waals surface area contributed by atoms with Crippen LogP contribution in [0.1, 0.15) is 37.3 Å². The van der Waals surface area contributed by atoms with Crippen LogP contribution in [0.3, 0.4) is 0 Å². The van der Waals surface area contributed by atoms with Crippen molar-refractivity contribution < 1.29 is 22.4 Å². The average molecular weight is 493 g/mol. The summed E-state index contributed by atoms with van der Waals surface area (Å²) in [6, 6.07) is 18.3. The van der Waals surface area contributed by atoms with Crippen LogP contribution in [0.4, 0.5) is 0 Å². The molecule has 8 nitrogen and oxygen atoms in total. The second-order valence-electron chi connectivity index (χ2n) is 8.61. The van der Waals surface area contributed by atoms with E-state index < -0.39 is 20.6 Å². The summed E-state index contributed by atoms with van der Waals surface area (Å²) in [6.45, 7) is -0.240. The van der Waals surface area contributed by atoms with Gasteiger partial charge in [-0.25, -0.2) is 13.4 Å². The van der Waals surface area contributed by atoms with Crippen LogP contribution in [0, 0.1) is 0 Å². The van der Waals surface area contributed by atoms with Gasteiger partial charge in [-0.2, -0.15) is 0 Å². The minimum absolute atomic E-state index is 0.0948. The van der Waals surface area contributed by atoms with Gasteiger partial charge in [-0.15, -0.1) is 0 Å². The lowest BCUT2D eigenvalue weighted by molar-refractivity contribution is -0.148. The number of rotatable bonds is 7. The summed E-state index contributed by atoms with van der Waals surface area (Å²) in [4.78, 5) is 31.3. The molecule has 0 N–H and O–H groups in total. The fourth-order valence-corrected chi connectivity index (χ4v) is 6.73. The lowest BCUT2D eigenvalue weighted by Gasteiger charge is -2.26. The Morgan fingerprint density at radius 1 is 1.00 bits per heavy atom. The molecule has 0 amide bonds.